The molecule has 4 rings (SSSR count). The van der Waals surface area contributed by atoms with Gasteiger partial charge in [0.1, 0.15) is 5.75 Å². The number of phenolic OH excluding ortho intramolecular Hbond substituents is 1. The zero-order valence-electron chi connectivity index (χ0n) is 12.8. The summed E-state index contributed by atoms with van der Waals surface area (Å²) in [5.41, 5.74) is 12.0. The fourth-order valence-electron chi connectivity index (χ4n) is 4.24. The van der Waals surface area contributed by atoms with E-state index in [1.807, 2.05) is 13.0 Å². The van der Waals surface area contributed by atoms with E-state index in [9.17, 15) is 5.11 Å². The van der Waals surface area contributed by atoms with Crippen molar-refractivity contribution in [2.75, 3.05) is 12.3 Å². The van der Waals surface area contributed by atoms with Crippen LogP contribution in [0.1, 0.15) is 47.1 Å². The van der Waals surface area contributed by atoms with Crippen LogP contribution in [0.2, 0.25) is 0 Å². The van der Waals surface area contributed by atoms with E-state index in [0.717, 1.165) is 17.8 Å². The van der Waals surface area contributed by atoms with Crippen molar-refractivity contribution >= 4 is 5.69 Å². The van der Waals surface area contributed by atoms with Gasteiger partial charge in [-0.2, -0.15) is 0 Å². The normalized spacial score (nSPS) is 26.5. The Morgan fingerprint density at radius 3 is 2.82 bits per heavy atom. The van der Waals surface area contributed by atoms with Crippen molar-refractivity contribution in [3.63, 3.8) is 0 Å². The Bertz CT molecular complexity index is 725. The molecule has 4 N–H and O–H groups in total. The molecular formula is C19H22N2O. The van der Waals surface area contributed by atoms with Crippen molar-refractivity contribution < 1.29 is 5.11 Å². The summed E-state index contributed by atoms with van der Waals surface area (Å²) in [5.74, 6) is 1.22. The van der Waals surface area contributed by atoms with E-state index >= 15 is 0 Å². The summed E-state index contributed by atoms with van der Waals surface area (Å²) in [6, 6.07) is 12.6. The van der Waals surface area contributed by atoms with Gasteiger partial charge in [0, 0.05) is 17.6 Å². The first-order valence-electron chi connectivity index (χ1n) is 8.07. The largest absolute Gasteiger partial charge is 0.508 e. The molecule has 22 heavy (non-hydrogen) atoms. The minimum atomic E-state index is 0.322. The summed E-state index contributed by atoms with van der Waals surface area (Å²) in [4.78, 5) is 0. The van der Waals surface area contributed by atoms with E-state index in [-0.39, 0.29) is 0 Å². The summed E-state index contributed by atoms with van der Waals surface area (Å²) in [6.45, 7) is 3.11. The average molecular weight is 294 g/mol. The quantitative estimate of drug-likeness (QED) is 0.706. The molecule has 0 saturated carbocycles. The minimum absolute atomic E-state index is 0.322. The van der Waals surface area contributed by atoms with Gasteiger partial charge in [-0.05, 0) is 72.7 Å². The third-order valence-corrected chi connectivity index (χ3v) is 5.34. The first-order valence-corrected chi connectivity index (χ1v) is 8.07. The second-order valence-corrected chi connectivity index (χ2v) is 6.64. The van der Waals surface area contributed by atoms with Gasteiger partial charge >= 0.3 is 0 Å². The lowest BCUT2D eigenvalue weighted by Crippen LogP contribution is -2.32. The molecule has 114 valence electrons. The summed E-state index contributed by atoms with van der Waals surface area (Å²) in [7, 11) is 0. The maximum atomic E-state index is 9.95. The van der Waals surface area contributed by atoms with E-state index in [2.05, 4.69) is 29.6 Å². The van der Waals surface area contributed by atoms with Crippen LogP contribution in [0, 0.1) is 12.8 Å². The van der Waals surface area contributed by atoms with Crippen LogP contribution >= 0.6 is 0 Å². The topological polar surface area (TPSA) is 58.3 Å². The highest BCUT2D eigenvalue weighted by atomic mass is 16.3. The molecule has 1 aliphatic carbocycles. The van der Waals surface area contributed by atoms with Crippen molar-refractivity contribution in [1.29, 1.82) is 0 Å². The van der Waals surface area contributed by atoms with Gasteiger partial charge in [-0.25, -0.2) is 0 Å². The molecule has 0 aromatic heterocycles. The van der Waals surface area contributed by atoms with Crippen LogP contribution in [0.5, 0.6) is 5.75 Å². The number of nitrogens with one attached hydrogen (secondary N) is 1. The van der Waals surface area contributed by atoms with Crippen molar-refractivity contribution in [1.82, 2.24) is 5.32 Å². The Labute approximate surface area is 131 Å². The SMILES string of the molecule is Cc1ccc([C@@H]2c3cc(O)ccc3[C@H]3NCCC[C@@H]23)cc1N. The Hall–Kier alpha value is -2.00. The molecule has 3 atom stereocenters. The van der Waals surface area contributed by atoms with Gasteiger partial charge in [-0.3, -0.25) is 0 Å². The van der Waals surface area contributed by atoms with Gasteiger partial charge in [0.2, 0.25) is 0 Å². The zero-order chi connectivity index (χ0) is 15.3. The molecule has 0 amide bonds. The number of aromatic hydroxyl groups is 1. The number of aryl methyl sites for hydroxylation is 1. The predicted molar refractivity (Wildman–Crippen MR) is 89.0 cm³/mol. The smallest absolute Gasteiger partial charge is 0.115 e. The average Bonchev–Trinajstić information content (AvgIpc) is 2.83. The van der Waals surface area contributed by atoms with Crippen LogP contribution < -0.4 is 11.1 Å². The van der Waals surface area contributed by atoms with Crippen LogP contribution in [-0.2, 0) is 0 Å². The number of fused-ring (bicyclic) bond motifs is 3. The van der Waals surface area contributed by atoms with Crippen molar-refractivity contribution in [2.45, 2.75) is 31.7 Å². The van der Waals surface area contributed by atoms with E-state index in [0.29, 0.717) is 23.6 Å². The lowest BCUT2D eigenvalue weighted by molar-refractivity contribution is 0.287. The summed E-state index contributed by atoms with van der Waals surface area (Å²) >= 11 is 0. The Morgan fingerprint density at radius 2 is 2.00 bits per heavy atom. The van der Waals surface area contributed by atoms with Gasteiger partial charge in [0.05, 0.1) is 0 Å². The van der Waals surface area contributed by atoms with E-state index in [1.165, 1.54) is 29.5 Å². The van der Waals surface area contributed by atoms with Crippen LogP contribution in [0.4, 0.5) is 5.69 Å². The first kappa shape index (κ1) is 13.6. The number of hydrogen-bond donors (Lipinski definition) is 3. The molecule has 0 radical (unpaired) electrons. The van der Waals surface area contributed by atoms with Gasteiger partial charge in [0.25, 0.3) is 0 Å². The number of benzene rings is 2. The van der Waals surface area contributed by atoms with Gasteiger partial charge in [-0.15, -0.1) is 0 Å². The van der Waals surface area contributed by atoms with Crippen LogP contribution in [0.3, 0.4) is 0 Å². The molecule has 1 heterocycles. The Morgan fingerprint density at radius 1 is 1.14 bits per heavy atom. The molecule has 2 aromatic rings. The molecule has 0 spiro atoms. The van der Waals surface area contributed by atoms with Gasteiger partial charge in [0.15, 0.2) is 0 Å². The van der Waals surface area contributed by atoms with E-state index < -0.39 is 0 Å². The number of nitrogens with two attached hydrogens (primary N) is 1. The summed E-state index contributed by atoms with van der Waals surface area (Å²) in [5, 5.41) is 13.6. The van der Waals surface area contributed by atoms with Crippen molar-refractivity contribution in [3.05, 3.63) is 58.7 Å². The monoisotopic (exact) mass is 294 g/mol. The molecule has 1 fully saturated rings. The second kappa shape index (κ2) is 5.03. The summed E-state index contributed by atoms with van der Waals surface area (Å²) < 4.78 is 0. The maximum Gasteiger partial charge on any atom is 0.115 e. The minimum Gasteiger partial charge on any atom is -0.508 e. The molecule has 1 saturated heterocycles. The third-order valence-electron chi connectivity index (χ3n) is 5.34. The molecule has 0 unspecified atom stereocenters. The Balaban J connectivity index is 1.86. The second-order valence-electron chi connectivity index (χ2n) is 6.64. The van der Waals surface area contributed by atoms with Crippen molar-refractivity contribution in [3.8, 4) is 5.75 Å². The molecule has 1 aliphatic heterocycles. The number of hydrogen-bond acceptors (Lipinski definition) is 3. The van der Waals surface area contributed by atoms with Gasteiger partial charge < -0.3 is 16.2 Å². The van der Waals surface area contributed by atoms with E-state index in [4.69, 9.17) is 5.73 Å². The molecule has 3 nitrogen and oxygen atoms in total. The predicted octanol–water partition coefficient (Wildman–Crippen LogP) is 3.47. The number of rotatable bonds is 1. The number of nitrogen functional groups attached to an aromatic ring is 1. The fraction of sp³-hybridized carbons (Fsp3) is 0.368. The molecule has 2 aliphatic rings. The van der Waals surface area contributed by atoms with Crippen LogP contribution in [-0.4, -0.2) is 11.7 Å². The lowest BCUT2D eigenvalue weighted by atomic mass is 9.80. The third kappa shape index (κ3) is 2.00. The number of anilines is 1. The van der Waals surface area contributed by atoms with Gasteiger partial charge in [-0.1, -0.05) is 18.2 Å². The highest BCUT2D eigenvalue weighted by molar-refractivity contribution is 5.54. The Kier molecular flexibility index (Phi) is 3.12. The summed E-state index contributed by atoms with van der Waals surface area (Å²) in [6.07, 6.45) is 2.42. The fourth-order valence-corrected chi connectivity index (χ4v) is 4.24. The molecular weight excluding hydrogens is 272 g/mol. The molecule has 2 aromatic carbocycles. The highest BCUT2D eigenvalue weighted by Crippen LogP contribution is 2.52. The maximum absolute atomic E-state index is 9.95. The van der Waals surface area contributed by atoms with Crippen LogP contribution in [0.15, 0.2) is 36.4 Å². The first-order chi connectivity index (χ1) is 10.6. The molecule has 0 bridgehead atoms. The lowest BCUT2D eigenvalue weighted by Gasteiger charge is -2.31. The van der Waals surface area contributed by atoms with Crippen LogP contribution in [0.25, 0.3) is 0 Å². The number of phenols is 1. The number of piperidine rings is 1. The molecule has 3 heteroatoms. The highest BCUT2D eigenvalue weighted by Gasteiger charge is 2.42. The van der Waals surface area contributed by atoms with E-state index in [1.54, 1.807) is 6.07 Å². The zero-order valence-corrected chi connectivity index (χ0v) is 12.8. The van der Waals surface area contributed by atoms with Crippen molar-refractivity contribution in [2.24, 2.45) is 5.92 Å². The standard InChI is InChI=1S/C19H22N2O/c1-11-4-5-12(9-17(11)20)18-15-3-2-8-21-19(15)14-7-6-13(22)10-16(14)18/h4-7,9-10,15,18-19,21-22H,2-3,8,20H2,1H3/t15-,18-,19+/m0/s1.